The maximum atomic E-state index is 13.0. The number of aryl methyl sites for hydroxylation is 1. The van der Waals surface area contributed by atoms with E-state index in [4.69, 9.17) is 9.78 Å². The Morgan fingerprint density at radius 1 is 1.16 bits per heavy atom. The Bertz CT molecular complexity index is 1250. The molecule has 0 saturated heterocycles. The molecule has 1 N–H and O–H groups in total. The molecule has 0 radical (unpaired) electrons. The molecule has 0 aliphatic rings. The van der Waals surface area contributed by atoms with Gasteiger partial charge in [0, 0.05) is 24.2 Å². The van der Waals surface area contributed by atoms with Gasteiger partial charge in [0.05, 0.1) is 11.6 Å². The van der Waals surface area contributed by atoms with Crippen molar-refractivity contribution < 1.29 is 13.7 Å². The molecule has 0 spiro atoms. The summed E-state index contributed by atoms with van der Waals surface area (Å²) in [6, 6.07) is 15.2. The first kappa shape index (κ1) is 21.6. The topological polar surface area (TPSA) is 118 Å². The minimum atomic E-state index is -0.346. The molecule has 32 heavy (non-hydrogen) atoms. The summed E-state index contributed by atoms with van der Waals surface area (Å²) in [6.07, 6.45) is 0.400. The van der Waals surface area contributed by atoms with E-state index in [-0.39, 0.29) is 24.6 Å². The smallest absolute Gasteiger partial charge is 0.227 e. The molecule has 0 aliphatic carbocycles. The number of hydrogen-bond acceptors (Lipinski definition) is 9. The number of anilines is 1. The van der Waals surface area contributed by atoms with Gasteiger partial charge >= 0.3 is 0 Å². The van der Waals surface area contributed by atoms with Crippen LogP contribution in [0.25, 0.3) is 11.4 Å². The number of hydrogen-bond donors (Lipinski definition) is 1. The molecule has 0 atom stereocenters. The number of nitriles is 1. The van der Waals surface area contributed by atoms with Gasteiger partial charge in [-0.15, -0.1) is 10.2 Å². The minimum absolute atomic E-state index is 0.137. The summed E-state index contributed by atoms with van der Waals surface area (Å²) in [4.78, 5) is 16.4. The van der Waals surface area contributed by atoms with Crippen LogP contribution in [-0.2, 0) is 17.0 Å². The van der Waals surface area contributed by atoms with Crippen molar-refractivity contribution >= 4 is 34.1 Å². The normalized spacial score (nSPS) is 10.6. The molecule has 2 aromatic heterocycles. The highest BCUT2D eigenvalue weighted by Gasteiger charge is 2.13. The summed E-state index contributed by atoms with van der Waals surface area (Å²) in [5.41, 5.74) is 2.31. The number of halogens is 1. The number of carbonyl (C=O) groups excluding carboxylic acids is 1. The maximum absolute atomic E-state index is 13.0. The fourth-order valence-electron chi connectivity index (χ4n) is 2.61. The molecule has 8 nitrogen and oxygen atoms in total. The van der Waals surface area contributed by atoms with Crippen LogP contribution in [0.4, 0.5) is 9.52 Å². The second-order valence-corrected chi connectivity index (χ2v) is 8.74. The lowest BCUT2D eigenvalue weighted by Crippen LogP contribution is -2.12. The molecule has 4 aromatic rings. The molecule has 0 unspecified atom stereocenters. The summed E-state index contributed by atoms with van der Waals surface area (Å²) in [5.74, 6) is 0.749. The van der Waals surface area contributed by atoms with Crippen LogP contribution in [0.3, 0.4) is 0 Å². The summed E-state index contributed by atoms with van der Waals surface area (Å²) in [5, 5.41) is 23.9. The fourth-order valence-corrected chi connectivity index (χ4v) is 4.34. The zero-order valence-electron chi connectivity index (χ0n) is 16.5. The quantitative estimate of drug-likeness (QED) is 0.299. The Labute approximate surface area is 190 Å². The van der Waals surface area contributed by atoms with Crippen LogP contribution in [0.5, 0.6) is 0 Å². The number of nitrogens with zero attached hydrogens (tertiary/aromatic N) is 5. The van der Waals surface area contributed by atoms with Crippen molar-refractivity contribution in [1.82, 2.24) is 20.3 Å². The lowest BCUT2D eigenvalue weighted by molar-refractivity contribution is -0.116. The molecule has 2 aromatic carbocycles. The van der Waals surface area contributed by atoms with Crippen molar-refractivity contribution in [2.24, 2.45) is 0 Å². The summed E-state index contributed by atoms with van der Waals surface area (Å²) >= 11 is 2.79. The molecule has 0 saturated carbocycles. The number of carbonyl (C=O) groups is 1. The zero-order valence-corrected chi connectivity index (χ0v) is 18.1. The number of nitrogens with one attached hydrogen (secondary N) is 1. The van der Waals surface area contributed by atoms with E-state index in [1.807, 2.05) is 12.1 Å². The number of thioether (sulfide) groups is 1. The highest BCUT2D eigenvalue weighted by Crippen LogP contribution is 2.28. The van der Waals surface area contributed by atoms with Crippen molar-refractivity contribution in [2.45, 2.75) is 22.9 Å². The van der Waals surface area contributed by atoms with Gasteiger partial charge in [0.15, 0.2) is 4.34 Å². The van der Waals surface area contributed by atoms with Gasteiger partial charge in [-0.2, -0.15) is 10.2 Å². The lowest BCUT2D eigenvalue weighted by atomic mass is 10.2. The maximum Gasteiger partial charge on any atom is 0.227 e. The van der Waals surface area contributed by atoms with Gasteiger partial charge in [-0.05, 0) is 42.0 Å². The Kier molecular flexibility index (Phi) is 6.84. The van der Waals surface area contributed by atoms with E-state index in [0.717, 1.165) is 9.90 Å². The van der Waals surface area contributed by atoms with Crippen LogP contribution in [-0.4, -0.2) is 26.2 Å². The van der Waals surface area contributed by atoms with Crippen LogP contribution < -0.4 is 5.32 Å². The first-order chi connectivity index (χ1) is 15.6. The Morgan fingerprint density at radius 3 is 2.69 bits per heavy atom. The third kappa shape index (κ3) is 5.75. The molecule has 4 rings (SSSR count). The average molecular weight is 467 g/mol. The highest BCUT2D eigenvalue weighted by atomic mass is 32.2. The molecule has 0 fully saturated rings. The molecule has 2 heterocycles. The predicted octanol–water partition coefficient (Wildman–Crippen LogP) is 4.46. The second-order valence-electron chi connectivity index (χ2n) is 6.54. The lowest BCUT2D eigenvalue weighted by Gasteiger charge is -1.99. The highest BCUT2D eigenvalue weighted by molar-refractivity contribution is 8.00. The minimum Gasteiger partial charge on any atom is -0.339 e. The number of rotatable bonds is 8. The van der Waals surface area contributed by atoms with Crippen molar-refractivity contribution in [3.8, 4) is 17.5 Å². The third-order valence-electron chi connectivity index (χ3n) is 4.23. The summed E-state index contributed by atoms with van der Waals surface area (Å²) in [6.45, 7) is 0. The van der Waals surface area contributed by atoms with Gasteiger partial charge in [-0.25, -0.2) is 4.39 Å². The number of aromatic nitrogens is 4. The van der Waals surface area contributed by atoms with E-state index in [1.165, 1.54) is 35.2 Å². The summed E-state index contributed by atoms with van der Waals surface area (Å²) < 4.78 is 18.9. The Morgan fingerprint density at radius 2 is 1.94 bits per heavy atom. The first-order valence-corrected chi connectivity index (χ1v) is 11.2. The van der Waals surface area contributed by atoms with Crippen LogP contribution >= 0.6 is 23.1 Å². The second kappa shape index (κ2) is 10.1. The SMILES string of the molecule is N#Cc1ccc(CSc2nnc(NC(=O)CCc3nc(-c4ccc(F)cc4)no3)s2)cc1. The van der Waals surface area contributed by atoms with Gasteiger partial charge in [0.2, 0.25) is 22.8 Å². The third-order valence-corrected chi connectivity index (χ3v) is 6.28. The van der Waals surface area contributed by atoms with Gasteiger partial charge in [0.25, 0.3) is 0 Å². The molecule has 160 valence electrons. The monoisotopic (exact) mass is 466 g/mol. The van der Waals surface area contributed by atoms with E-state index in [1.54, 1.807) is 24.3 Å². The van der Waals surface area contributed by atoms with Crippen LogP contribution in [0.2, 0.25) is 0 Å². The fraction of sp³-hybridized carbons (Fsp3) is 0.143. The van der Waals surface area contributed by atoms with Crippen molar-refractivity contribution in [2.75, 3.05) is 5.32 Å². The van der Waals surface area contributed by atoms with Crippen LogP contribution in [0, 0.1) is 17.1 Å². The molecule has 0 bridgehead atoms. The zero-order chi connectivity index (χ0) is 22.3. The van der Waals surface area contributed by atoms with Gasteiger partial charge < -0.3 is 9.84 Å². The average Bonchev–Trinajstić information content (AvgIpc) is 3.47. The predicted molar refractivity (Wildman–Crippen MR) is 117 cm³/mol. The van der Waals surface area contributed by atoms with E-state index in [0.29, 0.717) is 33.7 Å². The Hall–Kier alpha value is -3.62. The van der Waals surface area contributed by atoms with Gasteiger partial charge in [-0.3, -0.25) is 4.79 Å². The van der Waals surface area contributed by atoms with Gasteiger partial charge in [0.1, 0.15) is 5.82 Å². The molecular formula is C21H15FN6O2S2. The summed E-state index contributed by atoms with van der Waals surface area (Å²) in [7, 11) is 0. The van der Waals surface area contributed by atoms with Crippen LogP contribution in [0.1, 0.15) is 23.4 Å². The Balaban J connectivity index is 1.24. The van der Waals surface area contributed by atoms with E-state index >= 15 is 0 Å². The first-order valence-electron chi connectivity index (χ1n) is 9.43. The van der Waals surface area contributed by atoms with Gasteiger partial charge in [-0.1, -0.05) is 40.4 Å². The van der Waals surface area contributed by atoms with E-state index in [2.05, 4.69) is 31.7 Å². The van der Waals surface area contributed by atoms with Crippen molar-refractivity contribution in [1.29, 1.82) is 5.26 Å². The van der Waals surface area contributed by atoms with E-state index < -0.39 is 0 Å². The van der Waals surface area contributed by atoms with E-state index in [9.17, 15) is 9.18 Å². The largest absolute Gasteiger partial charge is 0.339 e. The number of amides is 1. The molecule has 0 aliphatic heterocycles. The standard InChI is InChI=1S/C21H15FN6O2S2/c22-16-7-5-15(6-8-16)19-25-18(30-28-19)10-9-17(29)24-20-26-27-21(32-20)31-12-14-3-1-13(11-23)2-4-14/h1-8H,9-10,12H2,(H,24,26,29). The van der Waals surface area contributed by atoms with Crippen molar-refractivity contribution in [3.05, 3.63) is 71.4 Å². The van der Waals surface area contributed by atoms with Crippen LogP contribution in [0.15, 0.2) is 57.4 Å². The number of benzene rings is 2. The molecular weight excluding hydrogens is 451 g/mol. The van der Waals surface area contributed by atoms with Crippen molar-refractivity contribution in [3.63, 3.8) is 0 Å². The molecule has 11 heteroatoms. The molecule has 1 amide bonds.